The Bertz CT molecular complexity index is 411. The van der Waals surface area contributed by atoms with Crippen molar-refractivity contribution in [1.82, 2.24) is 0 Å². The van der Waals surface area contributed by atoms with Gasteiger partial charge in [0.2, 0.25) is 0 Å². The molecule has 4 nitrogen and oxygen atoms in total. The summed E-state index contributed by atoms with van der Waals surface area (Å²) in [5, 5.41) is 19.3. The lowest BCUT2D eigenvalue weighted by atomic mass is 9.39. The van der Waals surface area contributed by atoms with E-state index in [2.05, 4.69) is 6.92 Å². The van der Waals surface area contributed by atoms with Crippen LogP contribution in [0.3, 0.4) is 0 Å². The van der Waals surface area contributed by atoms with E-state index in [1.165, 1.54) is 0 Å². The van der Waals surface area contributed by atoms with Crippen LogP contribution >= 0.6 is 0 Å². The Morgan fingerprint density at radius 2 is 1.53 bits per heavy atom. The van der Waals surface area contributed by atoms with E-state index in [-0.39, 0.29) is 5.41 Å². The van der Waals surface area contributed by atoms with Gasteiger partial charge in [-0.1, -0.05) is 13.3 Å². The SMILES string of the molecule is CCCC12CC3CC(C(=O)O)(C1)CC(C(=O)O)(C3)C2. The minimum atomic E-state index is -0.761. The van der Waals surface area contributed by atoms with Gasteiger partial charge in [0.25, 0.3) is 0 Å². The molecular formula is C15H22O4. The van der Waals surface area contributed by atoms with E-state index in [0.717, 1.165) is 19.3 Å². The van der Waals surface area contributed by atoms with Crippen LogP contribution in [0.2, 0.25) is 0 Å². The predicted octanol–water partition coefficient (Wildman–Crippen LogP) is 2.91. The first-order valence-corrected chi connectivity index (χ1v) is 7.32. The smallest absolute Gasteiger partial charge is 0.309 e. The predicted molar refractivity (Wildman–Crippen MR) is 68.7 cm³/mol. The largest absolute Gasteiger partial charge is 0.481 e. The maximum absolute atomic E-state index is 11.8. The summed E-state index contributed by atoms with van der Waals surface area (Å²) < 4.78 is 0. The minimum Gasteiger partial charge on any atom is -0.481 e. The highest BCUT2D eigenvalue weighted by Gasteiger charge is 2.67. The van der Waals surface area contributed by atoms with Crippen molar-refractivity contribution in [2.24, 2.45) is 22.2 Å². The van der Waals surface area contributed by atoms with Gasteiger partial charge in [-0.3, -0.25) is 9.59 Å². The van der Waals surface area contributed by atoms with Crippen molar-refractivity contribution in [3.05, 3.63) is 0 Å². The summed E-state index contributed by atoms with van der Waals surface area (Å²) in [5.41, 5.74) is -1.54. The summed E-state index contributed by atoms with van der Waals surface area (Å²) in [6.45, 7) is 2.11. The summed E-state index contributed by atoms with van der Waals surface area (Å²) in [4.78, 5) is 23.5. The third-order valence-electron chi connectivity index (χ3n) is 5.87. The number of hydrogen-bond donors (Lipinski definition) is 2. The average Bonchev–Trinajstić information content (AvgIpc) is 2.26. The Morgan fingerprint density at radius 3 is 1.95 bits per heavy atom. The molecule has 0 amide bonds. The quantitative estimate of drug-likeness (QED) is 0.820. The summed E-state index contributed by atoms with van der Waals surface area (Å²) in [6.07, 6.45) is 6.19. The van der Waals surface area contributed by atoms with Gasteiger partial charge < -0.3 is 10.2 Å². The van der Waals surface area contributed by atoms with E-state index in [4.69, 9.17) is 0 Å². The van der Waals surface area contributed by atoms with Crippen LogP contribution in [-0.4, -0.2) is 22.2 Å². The first-order chi connectivity index (χ1) is 8.85. The molecule has 2 N–H and O–H groups in total. The number of rotatable bonds is 4. The molecule has 0 aromatic rings. The monoisotopic (exact) mass is 266 g/mol. The topological polar surface area (TPSA) is 74.6 Å². The van der Waals surface area contributed by atoms with Crippen molar-refractivity contribution >= 4 is 11.9 Å². The van der Waals surface area contributed by atoms with Gasteiger partial charge in [-0.25, -0.2) is 0 Å². The van der Waals surface area contributed by atoms with Crippen LogP contribution in [0.5, 0.6) is 0 Å². The number of carboxylic acid groups (broad SMARTS) is 2. The zero-order valence-corrected chi connectivity index (χ0v) is 11.4. The Balaban J connectivity index is 2.05. The van der Waals surface area contributed by atoms with Gasteiger partial charge in [0.1, 0.15) is 0 Å². The molecule has 4 aliphatic rings. The standard InChI is InChI=1S/C15H22O4/c1-2-3-13-4-10-5-14(7-13,11(16)17)9-15(6-10,8-13)12(18)19/h10H,2-9H2,1H3,(H,16,17)(H,18,19). The Labute approximate surface area is 113 Å². The zero-order chi connectivity index (χ0) is 13.9. The second kappa shape index (κ2) is 3.74. The molecule has 4 bridgehead atoms. The minimum absolute atomic E-state index is 0.0229. The van der Waals surface area contributed by atoms with Crippen LogP contribution in [0, 0.1) is 22.2 Å². The molecule has 0 saturated heterocycles. The molecule has 2 unspecified atom stereocenters. The summed E-state index contributed by atoms with van der Waals surface area (Å²) in [6, 6.07) is 0. The number of aliphatic carboxylic acids is 2. The third kappa shape index (κ3) is 1.65. The van der Waals surface area contributed by atoms with Gasteiger partial charge in [-0.15, -0.1) is 0 Å². The molecule has 4 saturated carbocycles. The van der Waals surface area contributed by atoms with Gasteiger partial charge in [0.15, 0.2) is 0 Å². The fraction of sp³-hybridized carbons (Fsp3) is 0.867. The molecule has 0 heterocycles. The first-order valence-electron chi connectivity index (χ1n) is 7.32. The van der Waals surface area contributed by atoms with Crippen molar-refractivity contribution in [2.75, 3.05) is 0 Å². The summed E-state index contributed by atoms with van der Waals surface area (Å²) in [7, 11) is 0. The van der Waals surface area contributed by atoms with Crippen LogP contribution in [0.4, 0.5) is 0 Å². The third-order valence-corrected chi connectivity index (χ3v) is 5.87. The second-order valence-corrected chi connectivity index (χ2v) is 7.43. The molecular weight excluding hydrogens is 244 g/mol. The van der Waals surface area contributed by atoms with Crippen molar-refractivity contribution < 1.29 is 19.8 Å². The molecule has 4 heteroatoms. The van der Waals surface area contributed by atoms with Gasteiger partial charge in [-0.2, -0.15) is 0 Å². The zero-order valence-electron chi connectivity index (χ0n) is 11.4. The molecule has 106 valence electrons. The molecule has 4 aliphatic carbocycles. The van der Waals surface area contributed by atoms with Gasteiger partial charge in [0.05, 0.1) is 10.8 Å². The van der Waals surface area contributed by atoms with Crippen molar-refractivity contribution in [1.29, 1.82) is 0 Å². The van der Waals surface area contributed by atoms with E-state index in [9.17, 15) is 19.8 Å². The van der Waals surface area contributed by atoms with Gasteiger partial charge >= 0.3 is 11.9 Å². The van der Waals surface area contributed by atoms with Gasteiger partial charge in [0, 0.05) is 0 Å². The molecule has 4 fully saturated rings. The highest BCUT2D eigenvalue weighted by molar-refractivity contribution is 5.81. The van der Waals surface area contributed by atoms with E-state index >= 15 is 0 Å². The Morgan fingerprint density at radius 1 is 1.00 bits per heavy atom. The molecule has 0 aromatic heterocycles. The Hall–Kier alpha value is -1.06. The fourth-order valence-corrected chi connectivity index (χ4v) is 5.92. The number of hydrogen-bond acceptors (Lipinski definition) is 2. The van der Waals surface area contributed by atoms with E-state index < -0.39 is 22.8 Å². The summed E-state index contributed by atoms with van der Waals surface area (Å²) >= 11 is 0. The maximum Gasteiger partial charge on any atom is 0.309 e. The van der Waals surface area contributed by atoms with E-state index in [1.54, 1.807) is 0 Å². The number of carbonyl (C=O) groups is 2. The molecule has 0 aromatic carbocycles. The first kappa shape index (κ1) is 12.9. The second-order valence-electron chi connectivity index (χ2n) is 7.43. The van der Waals surface area contributed by atoms with E-state index in [0.29, 0.717) is 38.0 Å². The van der Waals surface area contributed by atoms with Crippen LogP contribution in [0.25, 0.3) is 0 Å². The maximum atomic E-state index is 11.8. The normalized spacial score (nSPS) is 47.3. The molecule has 2 atom stereocenters. The van der Waals surface area contributed by atoms with Crippen molar-refractivity contribution in [3.63, 3.8) is 0 Å². The molecule has 0 spiro atoms. The molecule has 4 rings (SSSR count). The highest BCUT2D eigenvalue weighted by atomic mass is 16.4. The van der Waals surface area contributed by atoms with Crippen molar-refractivity contribution in [2.45, 2.75) is 58.3 Å². The summed E-state index contributed by atoms with van der Waals surface area (Å²) in [5.74, 6) is -1.22. The van der Waals surface area contributed by atoms with E-state index in [1.807, 2.05) is 0 Å². The van der Waals surface area contributed by atoms with Crippen LogP contribution in [-0.2, 0) is 9.59 Å². The molecule has 19 heavy (non-hydrogen) atoms. The lowest BCUT2D eigenvalue weighted by Crippen LogP contribution is -2.61. The molecule has 0 aliphatic heterocycles. The lowest BCUT2D eigenvalue weighted by Gasteiger charge is -2.64. The fourth-order valence-electron chi connectivity index (χ4n) is 5.92. The lowest BCUT2D eigenvalue weighted by molar-refractivity contribution is -0.203. The Kier molecular flexibility index (Phi) is 2.55. The highest BCUT2D eigenvalue weighted by Crippen LogP contribution is 2.71. The van der Waals surface area contributed by atoms with Crippen molar-refractivity contribution in [3.8, 4) is 0 Å². The van der Waals surface area contributed by atoms with Crippen LogP contribution < -0.4 is 0 Å². The van der Waals surface area contributed by atoms with Crippen LogP contribution in [0.15, 0.2) is 0 Å². The number of carboxylic acids is 2. The van der Waals surface area contributed by atoms with Gasteiger partial charge in [-0.05, 0) is 56.3 Å². The average molecular weight is 266 g/mol. The molecule has 0 radical (unpaired) electrons. The van der Waals surface area contributed by atoms with Crippen LogP contribution in [0.1, 0.15) is 58.3 Å².